The van der Waals surface area contributed by atoms with Crippen molar-refractivity contribution in [1.29, 1.82) is 0 Å². The van der Waals surface area contributed by atoms with Crippen molar-refractivity contribution < 1.29 is 14.3 Å². The second-order valence-corrected chi connectivity index (χ2v) is 5.33. The van der Waals surface area contributed by atoms with Gasteiger partial charge in [0.25, 0.3) is 0 Å². The number of carbonyl (C=O) groups is 1. The number of hydrogen-bond acceptors (Lipinski definition) is 3. The molecule has 0 spiro atoms. The number of ether oxygens (including phenoxy) is 2. The minimum Gasteiger partial charge on any atom is -0.426 e. The van der Waals surface area contributed by atoms with Crippen molar-refractivity contribution in [3.63, 3.8) is 0 Å². The summed E-state index contributed by atoms with van der Waals surface area (Å²) < 4.78 is 11.2. The molecular formula is C16H18O3. The maximum atomic E-state index is 11.1. The summed E-state index contributed by atoms with van der Waals surface area (Å²) in [6.07, 6.45) is 7.25. The number of hydrogen-bond donors (Lipinski definition) is 0. The molecule has 1 saturated carbocycles. The summed E-state index contributed by atoms with van der Waals surface area (Å²) >= 11 is 0. The smallest absolute Gasteiger partial charge is 0.308 e. The largest absolute Gasteiger partial charge is 0.426 e. The zero-order valence-corrected chi connectivity index (χ0v) is 11.0. The zero-order chi connectivity index (χ0) is 13.2. The predicted molar refractivity (Wildman–Crippen MR) is 71.7 cm³/mol. The number of benzene rings is 1. The van der Waals surface area contributed by atoms with Gasteiger partial charge >= 0.3 is 5.97 Å². The lowest BCUT2D eigenvalue weighted by molar-refractivity contribution is -0.132. The Bertz CT molecular complexity index is 506. The van der Waals surface area contributed by atoms with Crippen LogP contribution in [-0.4, -0.2) is 12.1 Å². The fourth-order valence-electron chi connectivity index (χ4n) is 3.00. The van der Waals surface area contributed by atoms with Crippen LogP contribution in [0.1, 0.15) is 25.3 Å². The minimum absolute atomic E-state index is 0.296. The van der Waals surface area contributed by atoms with Crippen molar-refractivity contribution >= 4 is 5.97 Å². The third-order valence-electron chi connectivity index (χ3n) is 3.90. The Balaban J connectivity index is 1.63. The fraction of sp³-hybridized carbons (Fsp3) is 0.438. The molecule has 19 heavy (non-hydrogen) atoms. The number of esters is 1. The molecule has 0 aromatic heterocycles. The van der Waals surface area contributed by atoms with Gasteiger partial charge in [0.1, 0.15) is 5.75 Å². The molecule has 0 heterocycles. The Morgan fingerprint density at radius 3 is 2.79 bits per heavy atom. The van der Waals surface area contributed by atoms with E-state index < -0.39 is 0 Å². The Morgan fingerprint density at radius 2 is 2.11 bits per heavy atom. The summed E-state index contributed by atoms with van der Waals surface area (Å²) in [4.78, 5) is 11.1. The number of rotatable bonds is 4. The van der Waals surface area contributed by atoms with Crippen LogP contribution in [0.15, 0.2) is 36.4 Å². The van der Waals surface area contributed by atoms with Crippen LogP contribution in [-0.2, 0) is 16.1 Å². The number of allylic oxidation sites excluding steroid dienone is 1. The lowest BCUT2D eigenvalue weighted by atomic mass is 10.0. The third kappa shape index (κ3) is 2.71. The van der Waals surface area contributed by atoms with E-state index in [-0.39, 0.29) is 5.97 Å². The highest BCUT2D eigenvalue weighted by Gasteiger charge is 2.36. The van der Waals surface area contributed by atoms with Crippen LogP contribution in [0.3, 0.4) is 0 Å². The second-order valence-electron chi connectivity index (χ2n) is 5.33. The SMILES string of the molecule is CC(=O)Oc1ccccc1COC1CC2C=CC1C2. The molecule has 3 nitrogen and oxygen atoms in total. The van der Waals surface area contributed by atoms with Crippen molar-refractivity contribution in [1.82, 2.24) is 0 Å². The molecule has 0 radical (unpaired) electrons. The van der Waals surface area contributed by atoms with Gasteiger partial charge in [0.05, 0.1) is 12.7 Å². The number of carbonyl (C=O) groups excluding carboxylic acids is 1. The average Bonchev–Trinajstić information content (AvgIpc) is 2.99. The van der Waals surface area contributed by atoms with Crippen LogP contribution in [0.2, 0.25) is 0 Å². The summed E-state index contributed by atoms with van der Waals surface area (Å²) in [6.45, 7) is 1.92. The highest BCUT2D eigenvalue weighted by atomic mass is 16.5. The van der Waals surface area contributed by atoms with Gasteiger partial charge in [-0.2, -0.15) is 0 Å². The second kappa shape index (κ2) is 5.17. The highest BCUT2D eigenvalue weighted by molar-refractivity contribution is 5.69. The van der Waals surface area contributed by atoms with Crippen LogP contribution in [0, 0.1) is 11.8 Å². The van der Waals surface area contributed by atoms with Gasteiger partial charge in [0.15, 0.2) is 0 Å². The van der Waals surface area contributed by atoms with E-state index in [0.29, 0.717) is 30.3 Å². The van der Waals surface area contributed by atoms with Gasteiger partial charge in [-0.3, -0.25) is 4.79 Å². The van der Waals surface area contributed by atoms with Crippen LogP contribution in [0.25, 0.3) is 0 Å². The molecule has 0 saturated heterocycles. The van der Waals surface area contributed by atoms with Crippen LogP contribution in [0.4, 0.5) is 0 Å². The van der Waals surface area contributed by atoms with Crippen molar-refractivity contribution in [3.8, 4) is 5.75 Å². The summed E-state index contributed by atoms with van der Waals surface area (Å²) in [6, 6.07) is 7.55. The number of para-hydroxylation sites is 1. The Labute approximate surface area is 113 Å². The molecule has 0 amide bonds. The first-order chi connectivity index (χ1) is 9.22. The van der Waals surface area contributed by atoms with E-state index in [2.05, 4.69) is 12.2 Å². The molecule has 1 aromatic rings. The normalized spacial score (nSPS) is 27.7. The standard InChI is InChI=1S/C16H18O3/c1-11(17)19-15-5-3-2-4-14(15)10-18-16-9-12-6-7-13(16)8-12/h2-7,12-13,16H,8-10H2,1H3. The lowest BCUT2D eigenvalue weighted by Gasteiger charge is -2.19. The van der Waals surface area contributed by atoms with Crippen molar-refractivity contribution in [2.75, 3.05) is 0 Å². The summed E-state index contributed by atoms with van der Waals surface area (Å²) in [5.74, 6) is 1.59. The van der Waals surface area contributed by atoms with Crippen molar-refractivity contribution in [3.05, 3.63) is 42.0 Å². The fourth-order valence-corrected chi connectivity index (χ4v) is 3.00. The van der Waals surface area contributed by atoms with Crippen LogP contribution >= 0.6 is 0 Å². The molecule has 3 rings (SSSR count). The molecule has 100 valence electrons. The Hall–Kier alpha value is -1.61. The summed E-state index contributed by atoms with van der Waals surface area (Å²) in [7, 11) is 0. The highest BCUT2D eigenvalue weighted by Crippen LogP contribution is 2.41. The summed E-state index contributed by atoms with van der Waals surface area (Å²) in [5, 5.41) is 0. The average molecular weight is 258 g/mol. The van der Waals surface area contributed by atoms with E-state index in [1.54, 1.807) is 6.07 Å². The number of fused-ring (bicyclic) bond motifs is 2. The first kappa shape index (κ1) is 12.4. The lowest BCUT2D eigenvalue weighted by Crippen LogP contribution is -2.18. The van der Waals surface area contributed by atoms with E-state index in [1.165, 1.54) is 13.3 Å². The maximum Gasteiger partial charge on any atom is 0.308 e. The molecule has 1 fully saturated rings. The summed E-state index contributed by atoms with van der Waals surface area (Å²) in [5.41, 5.74) is 0.935. The molecule has 0 N–H and O–H groups in total. The Kier molecular flexibility index (Phi) is 3.38. The van der Waals surface area contributed by atoms with Gasteiger partial charge in [-0.25, -0.2) is 0 Å². The third-order valence-corrected chi connectivity index (χ3v) is 3.90. The van der Waals surface area contributed by atoms with Crippen molar-refractivity contribution in [2.45, 2.75) is 32.5 Å². The van der Waals surface area contributed by atoms with Crippen LogP contribution in [0.5, 0.6) is 5.75 Å². The van der Waals surface area contributed by atoms with Gasteiger partial charge in [-0.1, -0.05) is 30.4 Å². The van der Waals surface area contributed by atoms with Crippen LogP contribution < -0.4 is 4.74 Å². The zero-order valence-electron chi connectivity index (χ0n) is 11.0. The first-order valence-electron chi connectivity index (χ1n) is 6.78. The van der Waals surface area contributed by atoms with Crippen molar-refractivity contribution in [2.24, 2.45) is 11.8 Å². The maximum absolute atomic E-state index is 11.1. The molecule has 2 aliphatic carbocycles. The molecule has 3 heteroatoms. The predicted octanol–water partition coefficient (Wildman–Crippen LogP) is 3.09. The van der Waals surface area contributed by atoms with E-state index in [9.17, 15) is 4.79 Å². The molecule has 3 unspecified atom stereocenters. The first-order valence-corrected chi connectivity index (χ1v) is 6.78. The quantitative estimate of drug-likeness (QED) is 0.473. The van der Waals surface area contributed by atoms with Gasteiger partial charge in [-0.15, -0.1) is 0 Å². The van der Waals surface area contributed by atoms with E-state index >= 15 is 0 Å². The van der Waals surface area contributed by atoms with E-state index in [1.807, 2.05) is 18.2 Å². The van der Waals surface area contributed by atoms with Gasteiger partial charge in [0.2, 0.25) is 0 Å². The topological polar surface area (TPSA) is 35.5 Å². The van der Waals surface area contributed by atoms with Gasteiger partial charge < -0.3 is 9.47 Å². The van der Waals surface area contributed by atoms with Gasteiger partial charge in [0, 0.05) is 18.4 Å². The monoisotopic (exact) mass is 258 g/mol. The molecule has 2 aliphatic rings. The molecular weight excluding hydrogens is 240 g/mol. The van der Waals surface area contributed by atoms with E-state index in [4.69, 9.17) is 9.47 Å². The van der Waals surface area contributed by atoms with Gasteiger partial charge in [-0.05, 0) is 24.8 Å². The molecule has 3 atom stereocenters. The molecule has 0 aliphatic heterocycles. The Morgan fingerprint density at radius 1 is 1.26 bits per heavy atom. The molecule has 1 aromatic carbocycles. The van der Waals surface area contributed by atoms with E-state index in [0.717, 1.165) is 12.0 Å². The minimum atomic E-state index is -0.296. The molecule has 2 bridgehead atoms.